The Kier molecular flexibility index (Phi) is 3.79. The SMILES string of the molecule is C=C(CCc1cccs1)c1ccc(-c2cccnc2)o1. The van der Waals surface area contributed by atoms with Crippen molar-refractivity contribution in [2.75, 3.05) is 0 Å². The molecule has 0 N–H and O–H groups in total. The van der Waals surface area contributed by atoms with Crippen LogP contribution in [0.1, 0.15) is 17.1 Å². The van der Waals surface area contributed by atoms with E-state index in [0.717, 1.165) is 35.5 Å². The van der Waals surface area contributed by atoms with E-state index in [-0.39, 0.29) is 0 Å². The van der Waals surface area contributed by atoms with Gasteiger partial charge in [-0.3, -0.25) is 4.98 Å². The van der Waals surface area contributed by atoms with Gasteiger partial charge in [-0.2, -0.15) is 0 Å². The second-order valence-corrected chi connectivity index (χ2v) is 5.62. The summed E-state index contributed by atoms with van der Waals surface area (Å²) >= 11 is 1.78. The number of hydrogen-bond acceptors (Lipinski definition) is 3. The molecule has 0 spiro atoms. The van der Waals surface area contributed by atoms with Gasteiger partial charge in [0.2, 0.25) is 0 Å². The zero-order chi connectivity index (χ0) is 13.8. The van der Waals surface area contributed by atoms with Gasteiger partial charge in [-0.1, -0.05) is 12.6 Å². The van der Waals surface area contributed by atoms with Gasteiger partial charge in [0.1, 0.15) is 11.5 Å². The van der Waals surface area contributed by atoms with Crippen molar-refractivity contribution in [2.45, 2.75) is 12.8 Å². The standard InChI is InChI=1S/C17H15NOS/c1-13(6-7-15-5-3-11-20-15)16-8-9-17(19-16)14-4-2-10-18-12-14/h2-5,8-12H,1,6-7H2. The zero-order valence-electron chi connectivity index (χ0n) is 11.1. The van der Waals surface area contributed by atoms with Gasteiger partial charge in [0.05, 0.1) is 0 Å². The van der Waals surface area contributed by atoms with Crippen molar-refractivity contribution in [3.8, 4) is 11.3 Å². The summed E-state index contributed by atoms with van der Waals surface area (Å²) in [5, 5.41) is 2.10. The molecule has 0 saturated carbocycles. The quantitative estimate of drug-likeness (QED) is 0.654. The van der Waals surface area contributed by atoms with Crippen LogP contribution in [0.15, 0.2) is 65.2 Å². The fraction of sp³-hybridized carbons (Fsp3) is 0.118. The molecule has 0 atom stereocenters. The average molecular weight is 281 g/mol. The average Bonchev–Trinajstić information content (AvgIpc) is 3.17. The molecule has 3 heterocycles. The van der Waals surface area contributed by atoms with Gasteiger partial charge >= 0.3 is 0 Å². The van der Waals surface area contributed by atoms with Crippen LogP contribution < -0.4 is 0 Å². The lowest BCUT2D eigenvalue weighted by molar-refractivity contribution is 0.564. The maximum absolute atomic E-state index is 5.87. The van der Waals surface area contributed by atoms with Crippen LogP contribution in [0.2, 0.25) is 0 Å². The molecular weight excluding hydrogens is 266 g/mol. The molecule has 0 aliphatic rings. The molecular formula is C17H15NOS. The number of furan rings is 1. The highest BCUT2D eigenvalue weighted by atomic mass is 32.1. The molecule has 0 aliphatic heterocycles. The number of hydrogen-bond donors (Lipinski definition) is 0. The summed E-state index contributed by atoms with van der Waals surface area (Å²) in [6.45, 7) is 4.13. The first kappa shape index (κ1) is 12.9. The van der Waals surface area contributed by atoms with Gasteiger partial charge in [0.25, 0.3) is 0 Å². The number of rotatable bonds is 5. The number of aryl methyl sites for hydroxylation is 1. The van der Waals surface area contributed by atoms with Crippen LogP contribution in [0.4, 0.5) is 0 Å². The molecule has 0 saturated heterocycles. The maximum Gasteiger partial charge on any atom is 0.136 e. The molecule has 0 unspecified atom stereocenters. The lowest BCUT2D eigenvalue weighted by atomic mass is 10.1. The summed E-state index contributed by atoms with van der Waals surface area (Å²) in [5.74, 6) is 1.70. The molecule has 100 valence electrons. The van der Waals surface area contributed by atoms with E-state index in [1.165, 1.54) is 4.88 Å². The minimum absolute atomic E-state index is 0.838. The van der Waals surface area contributed by atoms with Crippen LogP contribution in [-0.2, 0) is 6.42 Å². The Bertz CT molecular complexity index is 683. The third-order valence-electron chi connectivity index (χ3n) is 3.15. The third-order valence-corrected chi connectivity index (χ3v) is 4.09. The van der Waals surface area contributed by atoms with Crippen molar-refractivity contribution < 1.29 is 4.42 Å². The van der Waals surface area contributed by atoms with E-state index in [1.807, 2.05) is 24.3 Å². The Morgan fingerprint density at radius 1 is 1.20 bits per heavy atom. The van der Waals surface area contributed by atoms with Gasteiger partial charge < -0.3 is 4.42 Å². The van der Waals surface area contributed by atoms with Crippen LogP contribution in [0.25, 0.3) is 16.9 Å². The highest BCUT2D eigenvalue weighted by Crippen LogP contribution is 2.27. The Balaban J connectivity index is 1.69. The Morgan fingerprint density at radius 2 is 2.15 bits per heavy atom. The second kappa shape index (κ2) is 5.88. The molecule has 2 nitrogen and oxygen atoms in total. The number of pyridine rings is 1. The van der Waals surface area contributed by atoms with E-state index in [4.69, 9.17) is 4.42 Å². The van der Waals surface area contributed by atoms with Crippen molar-refractivity contribution in [1.82, 2.24) is 4.98 Å². The lowest BCUT2D eigenvalue weighted by Gasteiger charge is -2.01. The highest BCUT2D eigenvalue weighted by Gasteiger charge is 2.08. The molecule has 0 fully saturated rings. The Labute approximate surface area is 122 Å². The summed E-state index contributed by atoms with van der Waals surface area (Å²) in [6, 6.07) is 12.1. The van der Waals surface area contributed by atoms with Crippen LogP contribution in [0.5, 0.6) is 0 Å². The van der Waals surface area contributed by atoms with E-state index in [9.17, 15) is 0 Å². The Hall–Kier alpha value is -2.13. The fourth-order valence-corrected chi connectivity index (χ4v) is 2.75. The van der Waals surface area contributed by atoms with Crippen LogP contribution >= 0.6 is 11.3 Å². The molecule has 3 rings (SSSR count). The van der Waals surface area contributed by atoms with Gasteiger partial charge in [-0.25, -0.2) is 0 Å². The third kappa shape index (κ3) is 2.89. The van der Waals surface area contributed by atoms with Gasteiger partial charge in [0.15, 0.2) is 0 Å². The van der Waals surface area contributed by atoms with E-state index in [2.05, 4.69) is 29.1 Å². The maximum atomic E-state index is 5.87. The first-order valence-corrected chi connectivity index (χ1v) is 7.41. The van der Waals surface area contributed by atoms with E-state index in [0.29, 0.717) is 0 Å². The Morgan fingerprint density at radius 3 is 2.90 bits per heavy atom. The zero-order valence-corrected chi connectivity index (χ0v) is 11.9. The summed E-state index contributed by atoms with van der Waals surface area (Å²) in [6.07, 6.45) is 5.49. The smallest absolute Gasteiger partial charge is 0.136 e. The van der Waals surface area contributed by atoms with E-state index < -0.39 is 0 Å². The van der Waals surface area contributed by atoms with Crippen molar-refractivity contribution in [3.63, 3.8) is 0 Å². The predicted octanol–water partition coefficient (Wildman–Crippen LogP) is 5.05. The van der Waals surface area contributed by atoms with Gasteiger partial charge in [0, 0.05) is 22.8 Å². The van der Waals surface area contributed by atoms with Crippen LogP contribution in [-0.4, -0.2) is 4.98 Å². The van der Waals surface area contributed by atoms with Gasteiger partial charge in [-0.05, 0) is 54.1 Å². The predicted molar refractivity (Wildman–Crippen MR) is 83.6 cm³/mol. The first-order chi connectivity index (χ1) is 9.83. The summed E-state index contributed by atoms with van der Waals surface area (Å²) < 4.78 is 5.87. The molecule has 3 aromatic heterocycles. The van der Waals surface area contributed by atoms with E-state index in [1.54, 1.807) is 23.7 Å². The fourth-order valence-electron chi connectivity index (χ4n) is 2.04. The topological polar surface area (TPSA) is 26.0 Å². The molecule has 20 heavy (non-hydrogen) atoms. The number of allylic oxidation sites excluding steroid dienone is 1. The summed E-state index contributed by atoms with van der Waals surface area (Å²) in [7, 11) is 0. The largest absolute Gasteiger partial charge is 0.456 e. The molecule has 0 radical (unpaired) electrons. The van der Waals surface area contributed by atoms with Crippen molar-refractivity contribution >= 4 is 16.9 Å². The highest BCUT2D eigenvalue weighted by molar-refractivity contribution is 7.09. The summed E-state index contributed by atoms with van der Waals surface area (Å²) in [5.41, 5.74) is 2.03. The second-order valence-electron chi connectivity index (χ2n) is 4.59. The molecule has 3 heteroatoms. The number of thiophene rings is 1. The van der Waals surface area contributed by atoms with Crippen molar-refractivity contribution in [2.24, 2.45) is 0 Å². The summed E-state index contributed by atoms with van der Waals surface area (Å²) in [4.78, 5) is 5.48. The number of aromatic nitrogens is 1. The van der Waals surface area contributed by atoms with Crippen molar-refractivity contribution in [3.05, 3.63) is 71.4 Å². The van der Waals surface area contributed by atoms with Gasteiger partial charge in [-0.15, -0.1) is 11.3 Å². The monoisotopic (exact) mass is 281 g/mol. The van der Waals surface area contributed by atoms with Crippen LogP contribution in [0.3, 0.4) is 0 Å². The van der Waals surface area contributed by atoms with Crippen LogP contribution in [0, 0.1) is 0 Å². The minimum Gasteiger partial charge on any atom is -0.456 e. The molecule has 0 aliphatic carbocycles. The normalized spacial score (nSPS) is 10.6. The van der Waals surface area contributed by atoms with E-state index >= 15 is 0 Å². The molecule has 0 aromatic carbocycles. The minimum atomic E-state index is 0.838. The first-order valence-electron chi connectivity index (χ1n) is 6.54. The lowest BCUT2D eigenvalue weighted by Crippen LogP contribution is -1.84. The molecule has 0 bridgehead atoms. The van der Waals surface area contributed by atoms with Crippen molar-refractivity contribution in [1.29, 1.82) is 0 Å². The number of nitrogens with zero attached hydrogens (tertiary/aromatic N) is 1. The molecule has 3 aromatic rings. The molecule has 0 amide bonds.